The van der Waals surface area contributed by atoms with E-state index in [0.717, 1.165) is 32.2 Å². The fourth-order valence-electron chi connectivity index (χ4n) is 2.96. The number of nitrogens with zero attached hydrogens (tertiary/aromatic N) is 1. The predicted octanol–water partition coefficient (Wildman–Crippen LogP) is 0.611. The first-order valence-corrected chi connectivity index (χ1v) is 7.39. The maximum atomic E-state index is 12.5. The highest BCUT2D eigenvalue weighted by molar-refractivity contribution is 5.86. The summed E-state index contributed by atoms with van der Waals surface area (Å²) < 4.78 is 5.54. The molecule has 0 bridgehead atoms. The van der Waals surface area contributed by atoms with Crippen LogP contribution in [0.4, 0.5) is 0 Å². The minimum absolute atomic E-state index is 0.0428. The second-order valence-electron chi connectivity index (χ2n) is 5.87. The molecule has 0 aromatic heterocycles. The lowest BCUT2D eigenvalue weighted by Gasteiger charge is -2.36. The van der Waals surface area contributed by atoms with Gasteiger partial charge in [-0.1, -0.05) is 0 Å². The number of ether oxygens (including phenoxy) is 1. The Hall–Kier alpha value is -1.14. The van der Waals surface area contributed by atoms with Crippen molar-refractivity contribution in [3.63, 3.8) is 0 Å². The number of amides is 1. The van der Waals surface area contributed by atoms with E-state index in [-0.39, 0.29) is 25.0 Å². The van der Waals surface area contributed by atoms with E-state index >= 15 is 0 Å². The summed E-state index contributed by atoms with van der Waals surface area (Å²) >= 11 is 0. The summed E-state index contributed by atoms with van der Waals surface area (Å²) in [5, 5.41) is 11.9. The molecule has 2 aliphatic rings. The number of rotatable bonds is 5. The van der Waals surface area contributed by atoms with Gasteiger partial charge in [-0.2, -0.15) is 0 Å². The van der Waals surface area contributed by atoms with Crippen molar-refractivity contribution in [2.45, 2.75) is 50.7 Å². The molecule has 2 heterocycles. The standard InChI is InChI=1S/C14H24N2O4/c1-14(6-2-7-15-14)13(19)16-8-3-11(4-9-16)20-10-5-12(17)18/h11,15H,2-10H2,1H3,(H,17,18). The average molecular weight is 284 g/mol. The molecule has 6 heteroatoms. The van der Waals surface area contributed by atoms with E-state index in [0.29, 0.717) is 13.1 Å². The van der Waals surface area contributed by atoms with Crippen LogP contribution in [0.5, 0.6) is 0 Å². The third-order valence-corrected chi connectivity index (χ3v) is 4.24. The van der Waals surface area contributed by atoms with E-state index in [1.165, 1.54) is 0 Å². The summed E-state index contributed by atoms with van der Waals surface area (Å²) in [4.78, 5) is 24.8. The highest BCUT2D eigenvalue weighted by Crippen LogP contribution is 2.24. The number of hydrogen-bond donors (Lipinski definition) is 2. The van der Waals surface area contributed by atoms with Gasteiger partial charge in [0.05, 0.1) is 24.7 Å². The maximum absolute atomic E-state index is 12.5. The van der Waals surface area contributed by atoms with E-state index in [1.54, 1.807) is 0 Å². The number of piperidine rings is 1. The van der Waals surface area contributed by atoms with E-state index in [1.807, 2.05) is 11.8 Å². The van der Waals surface area contributed by atoms with Crippen molar-refractivity contribution in [1.29, 1.82) is 0 Å². The highest BCUT2D eigenvalue weighted by Gasteiger charge is 2.39. The molecule has 114 valence electrons. The van der Waals surface area contributed by atoms with Crippen LogP contribution in [0.15, 0.2) is 0 Å². The van der Waals surface area contributed by atoms with Crippen LogP contribution in [0.1, 0.15) is 39.0 Å². The summed E-state index contributed by atoms with van der Waals surface area (Å²) in [6.45, 7) is 4.56. The Morgan fingerprint density at radius 3 is 2.65 bits per heavy atom. The van der Waals surface area contributed by atoms with E-state index in [4.69, 9.17) is 9.84 Å². The van der Waals surface area contributed by atoms with Gasteiger partial charge in [-0.15, -0.1) is 0 Å². The molecule has 1 unspecified atom stereocenters. The Balaban J connectivity index is 1.73. The van der Waals surface area contributed by atoms with Crippen LogP contribution in [-0.4, -0.2) is 59.8 Å². The quantitative estimate of drug-likeness (QED) is 0.773. The Bertz CT molecular complexity index is 358. The van der Waals surface area contributed by atoms with Crippen molar-refractivity contribution in [2.24, 2.45) is 0 Å². The molecule has 0 radical (unpaired) electrons. The average Bonchev–Trinajstić information content (AvgIpc) is 2.86. The first kappa shape index (κ1) is 15.3. The number of nitrogens with one attached hydrogen (secondary N) is 1. The summed E-state index contributed by atoms with van der Waals surface area (Å²) in [5.74, 6) is -0.642. The van der Waals surface area contributed by atoms with Crippen molar-refractivity contribution >= 4 is 11.9 Å². The van der Waals surface area contributed by atoms with Crippen LogP contribution >= 0.6 is 0 Å². The van der Waals surface area contributed by atoms with Crippen molar-refractivity contribution in [1.82, 2.24) is 10.2 Å². The third-order valence-electron chi connectivity index (χ3n) is 4.24. The van der Waals surface area contributed by atoms with Crippen LogP contribution in [0.25, 0.3) is 0 Å². The number of likely N-dealkylation sites (tertiary alicyclic amines) is 1. The van der Waals surface area contributed by atoms with Gasteiger partial charge in [-0.05, 0) is 39.2 Å². The lowest BCUT2D eigenvalue weighted by molar-refractivity contribution is -0.140. The van der Waals surface area contributed by atoms with Gasteiger partial charge in [0, 0.05) is 13.1 Å². The SMILES string of the molecule is CC1(C(=O)N2CCC(OCCC(=O)O)CC2)CCCN1. The van der Waals surface area contributed by atoms with Crippen molar-refractivity contribution in [2.75, 3.05) is 26.2 Å². The van der Waals surface area contributed by atoms with Crippen LogP contribution in [-0.2, 0) is 14.3 Å². The van der Waals surface area contributed by atoms with Gasteiger partial charge in [0.1, 0.15) is 0 Å². The van der Waals surface area contributed by atoms with Crippen molar-refractivity contribution in [3.8, 4) is 0 Å². The van der Waals surface area contributed by atoms with Crippen molar-refractivity contribution < 1.29 is 19.4 Å². The van der Waals surface area contributed by atoms with Gasteiger partial charge in [0.25, 0.3) is 0 Å². The Morgan fingerprint density at radius 1 is 1.40 bits per heavy atom. The second-order valence-corrected chi connectivity index (χ2v) is 5.87. The molecule has 1 amide bonds. The normalized spacial score (nSPS) is 27.8. The zero-order valence-electron chi connectivity index (χ0n) is 12.1. The molecule has 0 aliphatic carbocycles. The number of carbonyl (C=O) groups excluding carboxylic acids is 1. The number of carbonyl (C=O) groups is 2. The minimum Gasteiger partial charge on any atom is -0.481 e. The number of hydrogen-bond acceptors (Lipinski definition) is 4. The fraction of sp³-hybridized carbons (Fsp3) is 0.857. The first-order chi connectivity index (χ1) is 9.51. The number of carboxylic acids is 1. The maximum Gasteiger partial charge on any atom is 0.305 e. The van der Waals surface area contributed by atoms with Crippen molar-refractivity contribution in [3.05, 3.63) is 0 Å². The number of carboxylic acid groups (broad SMARTS) is 1. The van der Waals surface area contributed by atoms with Crippen LogP contribution in [0, 0.1) is 0 Å². The topological polar surface area (TPSA) is 78.9 Å². The molecule has 0 spiro atoms. The van der Waals surface area contributed by atoms with E-state index in [2.05, 4.69) is 5.32 Å². The molecule has 2 fully saturated rings. The second kappa shape index (κ2) is 6.54. The molecular weight excluding hydrogens is 260 g/mol. The van der Waals surface area contributed by atoms with Gasteiger partial charge in [0.2, 0.25) is 5.91 Å². The lowest BCUT2D eigenvalue weighted by atomic mass is 9.96. The van der Waals surface area contributed by atoms with Crippen LogP contribution in [0.2, 0.25) is 0 Å². The van der Waals surface area contributed by atoms with Gasteiger partial charge in [-0.25, -0.2) is 0 Å². The predicted molar refractivity (Wildman–Crippen MR) is 73.4 cm³/mol. The smallest absolute Gasteiger partial charge is 0.305 e. The van der Waals surface area contributed by atoms with Crippen LogP contribution in [0.3, 0.4) is 0 Å². The monoisotopic (exact) mass is 284 g/mol. The summed E-state index contributed by atoms with van der Waals surface area (Å²) in [5.41, 5.74) is -0.392. The van der Waals surface area contributed by atoms with Gasteiger partial charge >= 0.3 is 5.97 Å². The first-order valence-electron chi connectivity index (χ1n) is 7.39. The molecule has 2 aliphatic heterocycles. The summed E-state index contributed by atoms with van der Waals surface area (Å²) in [7, 11) is 0. The van der Waals surface area contributed by atoms with Gasteiger partial charge in [0.15, 0.2) is 0 Å². The fourth-order valence-corrected chi connectivity index (χ4v) is 2.96. The molecule has 6 nitrogen and oxygen atoms in total. The summed E-state index contributed by atoms with van der Waals surface area (Å²) in [6, 6.07) is 0. The highest BCUT2D eigenvalue weighted by atomic mass is 16.5. The molecule has 1 atom stereocenters. The van der Waals surface area contributed by atoms with E-state index < -0.39 is 11.5 Å². The zero-order valence-corrected chi connectivity index (χ0v) is 12.1. The summed E-state index contributed by atoms with van der Waals surface area (Å²) in [6.07, 6.45) is 3.67. The largest absolute Gasteiger partial charge is 0.481 e. The molecule has 0 aromatic carbocycles. The van der Waals surface area contributed by atoms with Gasteiger partial charge in [-0.3, -0.25) is 9.59 Å². The Morgan fingerprint density at radius 2 is 2.10 bits per heavy atom. The lowest BCUT2D eigenvalue weighted by Crippen LogP contribution is -2.55. The molecule has 2 N–H and O–H groups in total. The molecule has 2 rings (SSSR count). The van der Waals surface area contributed by atoms with Gasteiger partial charge < -0.3 is 20.1 Å². The molecular formula is C14H24N2O4. The Kier molecular flexibility index (Phi) is 4.99. The van der Waals surface area contributed by atoms with Crippen LogP contribution < -0.4 is 5.32 Å². The molecule has 2 saturated heterocycles. The zero-order chi connectivity index (χ0) is 14.6. The van der Waals surface area contributed by atoms with E-state index in [9.17, 15) is 9.59 Å². The number of aliphatic carboxylic acids is 1. The minimum atomic E-state index is -0.835. The molecule has 0 aromatic rings. The third kappa shape index (κ3) is 3.70. The Labute approximate surface area is 119 Å². The molecule has 20 heavy (non-hydrogen) atoms. The molecule has 0 saturated carbocycles.